The summed E-state index contributed by atoms with van der Waals surface area (Å²) in [6.45, 7) is 4.41. The summed E-state index contributed by atoms with van der Waals surface area (Å²) in [5.41, 5.74) is 5.04. The summed E-state index contributed by atoms with van der Waals surface area (Å²) >= 11 is 0. The maximum absolute atomic E-state index is 6.30. The molecule has 3 heteroatoms. The van der Waals surface area contributed by atoms with E-state index in [0.717, 1.165) is 44.4 Å². The second kappa shape index (κ2) is 5.95. The van der Waals surface area contributed by atoms with Crippen LogP contribution in [0.5, 0.6) is 0 Å². The van der Waals surface area contributed by atoms with Crippen LogP contribution in [0.3, 0.4) is 0 Å². The first-order valence-corrected chi connectivity index (χ1v) is 10.0. The lowest BCUT2D eigenvalue weighted by molar-refractivity contribution is 0.622. The van der Waals surface area contributed by atoms with Gasteiger partial charge in [0.1, 0.15) is 17.0 Å². The second-order valence-corrected chi connectivity index (χ2v) is 7.83. The zero-order valence-electron chi connectivity index (χ0n) is 16.4. The van der Waals surface area contributed by atoms with Crippen LogP contribution in [-0.2, 0) is 0 Å². The van der Waals surface area contributed by atoms with Crippen molar-refractivity contribution in [2.24, 2.45) is 0 Å². The lowest BCUT2D eigenvalue weighted by Gasteiger charge is -2.13. The van der Waals surface area contributed by atoms with E-state index >= 15 is 0 Å². The van der Waals surface area contributed by atoms with Gasteiger partial charge in [-0.25, -0.2) is 4.98 Å². The van der Waals surface area contributed by atoms with Crippen molar-refractivity contribution in [2.75, 3.05) is 0 Å². The summed E-state index contributed by atoms with van der Waals surface area (Å²) in [7, 11) is 0. The van der Waals surface area contributed by atoms with Crippen LogP contribution in [0.1, 0.15) is 19.9 Å². The number of imidazole rings is 1. The van der Waals surface area contributed by atoms with E-state index in [2.05, 4.69) is 85.1 Å². The van der Waals surface area contributed by atoms with E-state index in [1.807, 2.05) is 12.1 Å². The summed E-state index contributed by atoms with van der Waals surface area (Å²) < 4.78 is 8.63. The molecule has 0 atom stereocenters. The normalized spacial score (nSPS) is 12.1. The maximum Gasteiger partial charge on any atom is 0.146 e. The molecule has 6 aromatic rings. The highest BCUT2D eigenvalue weighted by Gasteiger charge is 2.20. The predicted molar refractivity (Wildman–Crippen MR) is 120 cm³/mol. The highest BCUT2D eigenvalue weighted by Crippen LogP contribution is 2.38. The number of para-hydroxylation sites is 2. The van der Waals surface area contributed by atoms with Gasteiger partial charge < -0.3 is 8.98 Å². The van der Waals surface area contributed by atoms with Crippen LogP contribution < -0.4 is 0 Å². The number of hydrogen-bond donors (Lipinski definition) is 0. The standard InChI is InChI=1S/C26H20N2O/c1-16(2)28-22-15-14-17-8-3-4-9-18(17)24(22)27-26(28)21-12-7-11-20-19-10-5-6-13-23(19)29-25(20)21/h3-16H,1-2H3. The molecule has 6 rings (SSSR count). The van der Waals surface area contributed by atoms with Gasteiger partial charge in [-0.05, 0) is 37.4 Å². The number of benzene rings is 4. The lowest BCUT2D eigenvalue weighted by atomic mass is 10.1. The van der Waals surface area contributed by atoms with E-state index in [4.69, 9.17) is 9.40 Å². The van der Waals surface area contributed by atoms with Crippen LogP contribution in [0.25, 0.3) is 55.1 Å². The smallest absolute Gasteiger partial charge is 0.146 e. The van der Waals surface area contributed by atoms with Crippen molar-refractivity contribution in [3.63, 3.8) is 0 Å². The van der Waals surface area contributed by atoms with Crippen molar-refractivity contribution in [1.29, 1.82) is 0 Å². The maximum atomic E-state index is 6.30. The molecule has 3 nitrogen and oxygen atoms in total. The number of hydrogen-bond acceptors (Lipinski definition) is 2. The van der Waals surface area contributed by atoms with Gasteiger partial charge in [-0.1, -0.05) is 60.7 Å². The first-order chi connectivity index (χ1) is 14.2. The van der Waals surface area contributed by atoms with Crippen LogP contribution in [0.4, 0.5) is 0 Å². The van der Waals surface area contributed by atoms with Crippen LogP contribution in [0, 0.1) is 0 Å². The fourth-order valence-corrected chi connectivity index (χ4v) is 4.47. The van der Waals surface area contributed by atoms with E-state index in [0.29, 0.717) is 0 Å². The molecular formula is C26H20N2O. The zero-order chi connectivity index (χ0) is 19.5. The minimum atomic E-state index is 0.274. The largest absolute Gasteiger partial charge is 0.455 e. The van der Waals surface area contributed by atoms with Crippen LogP contribution in [0.2, 0.25) is 0 Å². The molecule has 0 amide bonds. The lowest BCUT2D eigenvalue weighted by Crippen LogP contribution is -2.03. The summed E-state index contributed by atoms with van der Waals surface area (Å²) in [5.74, 6) is 0.955. The molecule has 0 saturated heterocycles. The molecule has 0 spiro atoms. The average molecular weight is 376 g/mol. The molecule has 0 saturated carbocycles. The van der Waals surface area contributed by atoms with Gasteiger partial charge in [0.05, 0.1) is 16.6 Å². The van der Waals surface area contributed by atoms with Crippen LogP contribution in [-0.4, -0.2) is 9.55 Å². The molecule has 4 aromatic carbocycles. The van der Waals surface area contributed by atoms with Crippen molar-refractivity contribution < 1.29 is 4.42 Å². The first kappa shape index (κ1) is 16.4. The molecule has 0 aliphatic heterocycles. The van der Waals surface area contributed by atoms with Crippen LogP contribution in [0.15, 0.2) is 83.3 Å². The predicted octanol–water partition coefficient (Wildman–Crippen LogP) is 7.34. The Labute approximate surface area is 168 Å². The quantitative estimate of drug-likeness (QED) is 0.316. The zero-order valence-corrected chi connectivity index (χ0v) is 16.4. The Balaban J connectivity index is 1.75. The van der Waals surface area contributed by atoms with Crippen molar-refractivity contribution >= 4 is 43.7 Å². The summed E-state index contributed by atoms with van der Waals surface area (Å²) in [5, 5.41) is 4.66. The van der Waals surface area contributed by atoms with Gasteiger partial charge in [0, 0.05) is 22.2 Å². The Morgan fingerprint density at radius 1 is 0.759 bits per heavy atom. The molecule has 140 valence electrons. The van der Waals surface area contributed by atoms with E-state index in [9.17, 15) is 0 Å². The van der Waals surface area contributed by atoms with Gasteiger partial charge in [-0.2, -0.15) is 0 Å². The highest BCUT2D eigenvalue weighted by molar-refractivity contribution is 6.10. The van der Waals surface area contributed by atoms with Gasteiger partial charge in [0.2, 0.25) is 0 Å². The Kier molecular flexibility index (Phi) is 3.36. The SMILES string of the molecule is CC(C)n1c(-c2cccc3c2oc2ccccc23)nc2c3ccccc3ccc21. The number of nitrogens with zero attached hydrogens (tertiary/aromatic N) is 2. The third-order valence-electron chi connectivity index (χ3n) is 5.75. The fraction of sp³-hybridized carbons (Fsp3) is 0.115. The van der Waals surface area contributed by atoms with Gasteiger partial charge >= 0.3 is 0 Å². The summed E-state index contributed by atoms with van der Waals surface area (Å²) in [6, 6.07) is 27.6. The Morgan fingerprint density at radius 2 is 1.52 bits per heavy atom. The van der Waals surface area contributed by atoms with Crippen molar-refractivity contribution in [2.45, 2.75) is 19.9 Å². The Morgan fingerprint density at radius 3 is 2.38 bits per heavy atom. The van der Waals surface area contributed by atoms with E-state index in [1.54, 1.807) is 0 Å². The monoisotopic (exact) mass is 376 g/mol. The summed E-state index contributed by atoms with van der Waals surface area (Å²) in [4.78, 5) is 5.16. The summed E-state index contributed by atoms with van der Waals surface area (Å²) in [6.07, 6.45) is 0. The van der Waals surface area contributed by atoms with Gasteiger partial charge in [0.15, 0.2) is 0 Å². The Bertz CT molecular complexity index is 1530. The molecule has 2 heterocycles. The average Bonchev–Trinajstić information content (AvgIpc) is 3.32. The molecule has 0 aliphatic rings. The van der Waals surface area contributed by atoms with Gasteiger partial charge in [0.25, 0.3) is 0 Å². The van der Waals surface area contributed by atoms with Crippen molar-refractivity contribution in [3.8, 4) is 11.4 Å². The van der Waals surface area contributed by atoms with E-state index in [1.165, 1.54) is 10.8 Å². The topological polar surface area (TPSA) is 31.0 Å². The number of rotatable bonds is 2. The first-order valence-electron chi connectivity index (χ1n) is 10.0. The van der Waals surface area contributed by atoms with Crippen molar-refractivity contribution in [1.82, 2.24) is 9.55 Å². The van der Waals surface area contributed by atoms with E-state index < -0.39 is 0 Å². The molecule has 0 N–H and O–H groups in total. The minimum absolute atomic E-state index is 0.274. The van der Waals surface area contributed by atoms with Crippen LogP contribution >= 0.6 is 0 Å². The number of furan rings is 1. The van der Waals surface area contributed by atoms with E-state index in [-0.39, 0.29) is 6.04 Å². The molecule has 0 fully saturated rings. The second-order valence-electron chi connectivity index (χ2n) is 7.83. The third kappa shape index (κ3) is 2.27. The number of aromatic nitrogens is 2. The molecule has 29 heavy (non-hydrogen) atoms. The van der Waals surface area contributed by atoms with Crippen molar-refractivity contribution in [3.05, 3.63) is 78.9 Å². The Hall–Kier alpha value is -3.59. The van der Waals surface area contributed by atoms with Gasteiger partial charge in [-0.3, -0.25) is 0 Å². The molecule has 2 aromatic heterocycles. The molecular weight excluding hydrogens is 356 g/mol. The molecule has 0 aliphatic carbocycles. The molecule has 0 unspecified atom stereocenters. The fourth-order valence-electron chi connectivity index (χ4n) is 4.47. The number of fused-ring (bicyclic) bond motifs is 6. The minimum Gasteiger partial charge on any atom is -0.455 e. The third-order valence-corrected chi connectivity index (χ3v) is 5.75. The molecule has 0 radical (unpaired) electrons. The highest BCUT2D eigenvalue weighted by atomic mass is 16.3. The molecule has 0 bridgehead atoms. The van der Waals surface area contributed by atoms with Gasteiger partial charge in [-0.15, -0.1) is 0 Å².